The molecular weight excluding hydrogens is 476 g/mol. The van der Waals surface area contributed by atoms with Crippen molar-refractivity contribution in [2.75, 3.05) is 14.2 Å². The molecule has 0 spiro atoms. The number of rotatable bonds is 6. The van der Waals surface area contributed by atoms with Crippen molar-refractivity contribution in [1.29, 1.82) is 0 Å². The summed E-state index contributed by atoms with van der Waals surface area (Å²) in [4.78, 5) is 0. The van der Waals surface area contributed by atoms with Gasteiger partial charge in [0.15, 0.2) is 0 Å². The van der Waals surface area contributed by atoms with Crippen molar-refractivity contribution >= 4 is 12.2 Å². The minimum absolute atomic E-state index is 0.159. The largest absolute Gasteiger partial charge is 0.497 e. The lowest BCUT2D eigenvalue weighted by Crippen LogP contribution is -2.22. The van der Waals surface area contributed by atoms with E-state index in [-0.39, 0.29) is 5.41 Å². The maximum atomic E-state index is 5.40. The molecule has 0 saturated heterocycles. The van der Waals surface area contributed by atoms with Crippen LogP contribution in [-0.2, 0) is 12.8 Å². The van der Waals surface area contributed by atoms with Crippen LogP contribution in [0.2, 0.25) is 0 Å². The van der Waals surface area contributed by atoms with Crippen LogP contribution >= 0.6 is 0 Å². The van der Waals surface area contributed by atoms with E-state index in [0.29, 0.717) is 0 Å². The van der Waals surface area contributed by atoms with Crippen molar-refractivity contribution in [1.82, 2.24) is 0 Å². The Labute approximate surface area is 231 Å². The highest BCUT2D eigenvalue weighted by Crippen LogP contribution is 2.56. The summed E-state index contributed by atoms with van der Waals surface area (Å²) in [5.41, 5.74) is 14.3. The van der Waals surface area contributed by atoms with Crippen LogP contribution in [0.5, 0.6) is 11.5 Å². The minimum atomic E-state index is 0.159. The third kappa shape index (κ3) is 4.01. The maximum Gasteiger partial charge on any atom is 0.118 e. The van der Waals surface area contributed by atoms with E-state index in [1.807, 2.05) is 0 Å². The van der Waals surface area contributed by atoms with Crippen molar-refractivity contribution < 1.29 is 9.47 Å². The first-order valence-corrected chi connectivity index (χ1v) is 14.1. The molecule has 0 N–H and O–H groups in total. The third-order valence-electron chi connectivity index (χ3n) is 9.28. The predicted molar refractivity (Wildman–Crippen MR) is 161 cm³/mol. The Kier molecular flexibility index (Phi) is 5.92. The lowest BCUT2D eigenvalue weighted by molar-refractivity contribution is 0.415. The second-order valence-electron chi connectivity index (χ2n) is 11.2. The van der Waals surface area contributed by atoms with Crippen LogP contribution in [0.1, 0.15) is 47.9 Å². The zero-order valence-electron chi connectivity index (χ0n) is 22.8. The molecule has 0 aromatic heterocycles. The van der Waals surface area contributed by atoms with Gasteiger partial charge in [0.1, 0.15) is 11.5 Å². The van der Waals surface area contributed by atoms with E-state index in [1.54, 1.807) is 25.4 Å². The fourth-order valence-electron chi connectivity index (χ4n) is 7.22. The lowest BCUT2D eigenvalue weighted by Gasteiger charge is -2.33. The molecule has 2 nitrogen and oxygen atoms in total. The van der Waals surface area contributed by atoms with E-state index in [9.17, 15) is 0 Å². The average molecular weight is 511 g/mol. The van der Waals surface area contributed by atoms with Gasteiger partial charge in [-0.15, -0.1) is 0 Å². The number of ether oxygens (including phenoxy) is 2. The molecule has 0 unspecified atom stereocenters. The molecule has 1 saturated carbocycles. The molecule has 0 amide bonds. The zero-order valence-corrected chi connectivity index (χ0v) is 22.8. The number of fused-ring (bicyclic) bond motifs is 2. The Hall–Kier alpha value is -4.04. The van der Waals surface area contributed by atoms with Crippen molar-refractivity contribution in [3.63, 3.8) is 0 Å². The van der Waals surface area contributed by atoms with E-state index >= 15 is 0 Å². The van der Waals surface area contributed by atoms with Gasteiger partial charge in [0, 0.05) is 5.41 Å². The van der Waals surface area contributed by atoms with Gasteiger partial charge < -0.3 is 9.47 Å². The van der Waals surface area contributed by atoms with Crippen LogP contribution in [0, 0.1) is 5.41 Å². The van der Waals surface area contributed by atoms with Gasteiger partial charge in [-0.2, -0.15) is 0 Å². The molecular formula is C37H34O2. The summed E-state index contributed by atoms with van der Waals surface area (Å²) in [6.45, 7) is 0. The molecule has 0 atom stereocenters. The lowest BCUT2D eigenvalue weighted by atomic mass is 9.71. The highest BCUT2D eigenvalue weighted by molar-refractivity contribution is 5.84. The molecule has 0 heterocycles. The van der Waals surface area contributed by atoms with Crippen molar-refractivity contribution in [3.8, 4) is 33.8 Å². The Balaban J connectivity index is 1.27. The van der Waals surface area contributed by atoms with Gasteiger partial charge in [0.2, 0.25) is 0 Å². The summed E-state index contributed by atoms with van der Waals surface area (Å²) in [7, 11) is 3.45. The predicted octanol–water partition coefficient (Wildman–Crippen LogP) is 9.18. The minimum Gasteiger partial charge on any atom is -0.497 e. The van der Waals surface area contributed by atoms with Gasteiger partial charge in [-0.1, -0.05) is 96.8 Å². The number of allylic oxidation sites excluding steroid dienone is 2. The van der Waals surface area contributed by atoms with E-state index in [4.69, 9.17) is 9.47 Å². The summed E-state index contributed by atoms with van der Waals surface area (Å²) in [6, 6.07) is 30.6. The molecule has 39 heavy (non-hydrogen) atoms. The van der Waals surface area contributed by atoms with Crippen LogP contribution in [0.15, 0.2) is 96.1 Å². The summed E-state index contributed by atoms with van der Waals surface area (Å²) in [5, 5.41) is 0. The molecule has 7 rings (SSSR count). The number of methoxy groups -OCH3 is 2. The Bertz CT molecular complexity index is 1480. The van der Waals surface area contributed by atoms with Gasteiger partial charge in [-0.25, -0.2) is 0 Å². The van der Waals surface area contributed by atoms with Crippen LogP contribution < -0.4 is 9.47 Å². The Morgan fingerprint density at radius 1 is 0.538 bits per heavy atom. The Morgan fingerprint density at radius 2 is 0.974 bits per heavy atom. The first-order valence-electron chi connectivity index (χ1n) is 14.1. The second kappa shape index (κ2) is 9.61. The number of benzene rings is 4. The molecule has 194 valence electrons. The summed E-state index contributed by atoms with van der Waals surface area (Å²) in [5.74, 6) is 1.79. The van der Waals surface area contributed by atoms with Crippen LogP contribution in [0.25, 0.3) is 34.4 Å². The van der Waals surface area contributed by atoms with Crippen molar-refractivity contribution in [2.45, 2.75) is 38.5 Å². The average Bonchev–Trinajstić information content (AvgIpc) is 3.75. The van der Waals surface area contributed by atoms with Crippen molar-refractivity contribution in [2.24, 2.45) is 5.41 Å². The van der Waals surface area contributed by atoms with Gasteiger partial charge >= 0.3 is 0 Å². The first kappa shape index (κ1) is 24.0. The van der Waals surface area contributed by atoms with Crippen LogP contribution in [-0.4, -0.2) is 14.2 Å². The highest BCUT2D eigenvalue weighted by Gasteiger charge is 2.43. The first-order chi connectivity index (χ1) is 19.2. The molecule has 3 aliphatic rings. The molecule has 0 bridgehead atoms. The molecule has 4 aromatic rings. The molecule has 3 aliphatic carbocycles. The van der Waals surface area contributed by atoms with Crippen LogP contribution in [0.3, 0.4) is 0 Å². The fourth-order valence-corrected chi connectivity index (χ4v) is 7.22. The summed E-state index contributed by atoms with van der Waals surface area (Å²) in [6.07, 6.45) is 12.3. The maximum absolute atomic E-state index is 5.40. The van der Waals surface area contributed by atoms with E-state index < -0.39 is 0 Å². The topological polar surface area (TPSA) is 18.5 Å². The summed E-state index contributed by atoms with van der Waals surface area (Å²) >= 11 is 0. The van der Waals surface area contributed by atoms with Gasteiger partial charge in [-0.05, 0) is 94.5 Å². The SMILES string of the molecule is COc1ccc(-c2cccc3c2C=C(C2(C4=Cc5c(cccc5-c5ccc(OC)cc5)C4)CCCC2)C3)cc1. The van der Waals surface area contributed by atoms with Gasteiger partial charge in [0.05, 0.1) is 14.2 Å². The number of hydrogen-bond donors (Lipinski definition) is 0. The molecule has 4 aromatic carbocycles. The second-order valence-corrected chi connectivity index (χ2v) is 11.2. The quantitative estimate of drug-likeness (QED) is 0.257. The van der Waals surface area contributed by atoms with Gasteiger partial charge in [0.25, 0.3) is 0 Å². The van der Waals surface area contributed by atoms with E-state index in [1.165, 1.54) is 70.2 Å². The highest BCUT2D eigenvalue weighted by atomic mass is 16.5. The summed E-state index contributed by atoms with van der Waals surface area (Å²) < 4.78 is 10.8. The fraction of sp³-hybridized carbons (Fsp3) is 0.243. The molecule has 0 aliphatic heterocycles. The number of hydrogen-bond acceptors (Lipinski definition) is 2. The zero-order chi connectivity index (χ0) is 26.4. The normalized spacial score (nSPS) is 16.9. The smallest absolute Gasteiger partial charge is 0.118 e. The molecule has 0 radical (unpaired) electrons. The Morgan fingerprint density at radius 3 is 1.38 bits per heavy atom. The van der Waals surface area contributed by atoms with Crippen LogP contribution in [0.4, 0.5) is 0 Å². The third-order valence-corrected chi connectivity index (χ3v) is 9.28. The molecule has 2 heteroatoms. The van der Waals surface area contributed by atoms with E-state index in [2.05, 4.69) is 97.1 Å². The van der Waals surface area contributed by atoms with Crippen molar-refractivity contribution in [3.05, 3.63) is 118 Å². The monoisotopic (exact) mass is 510 g/mol. The standard InChI is InChI=1S/C37H34O2/c1-38-31-15-11-25(12-16-31)33-9-5-7-27-21-29(23-35(27)33)37(19-3-4-20-37)30-22-28-8-6-10-34(36(28)24-30)26-13-17-32(39-2)18-14-26/h5-18,23-24H,3-4,19-22H2,1-2H3. The van der Waals surface area contributed by atoms with E-state index in [0.717, 1.165) is 24.3 Å². The molecule has 1 fully saturated rings. The van der Waals surface area contributed by atoms with Gasteiger partial charge in [-0.3, -0.25) is 0 Å².